The second-order valence-electron chi connectivity index (χ2n) is 2.88. The Morgan fingerprint density at radius 1 is 1.38 bits per heavy atom. The summed E-state index contributed by atoms with van der Waals surface area (Å²) in [5.74, 6) is -0.334. The minimum atomic E-state index is -0.334. The predicted octanol–water partition coefficient (Wildman–Crippen LogP) is 1.74. The zero-order chi connectivity index (χ0) is 11.5. The summed E-state index contributed by atoms with van der Waals surface area (Å²) >= 11 is 6.53. The van der Waals surface area contributed by atoms with Crippen LogP contribution in [0, 0.1) is 0 Å². The number of nitrogens with one attached hydrogen (secondary N) is 2. The molecule has 1 aromatic carbocycles. The van der Waals surface area contributed by atoms with Crippen molar-refractivity contribution in [2.24, 2.45) is 0 Å². The van der Waals surface area contributed by atoms with E-state index in [4.69, 9.17) is 11.6 Å². The Bertz CT molecular complexity index is 561. The number of H-pyrrole nitrogens is 1. The Balaban J connectivity index is 2.14. The van der Waals surface area contributed by atoms with Crippen molar-refractivity contribution in [3.8, 4) is 0 Å². The molecule has 82 valence electrons. The van der Waals surface area contributed by atoms with Crippen molar-refractivity contribution in [2.75, 3.05) is 5.32 Å². The molecule has 0 saturated heterocycles. The molecule has 0 aliphatic rings. The lowest BCUT2D eigenvalue weighted by Gasteiger charge is -2.00. The van der Waals surface area contributed by atoms with Gasteiger partial charge >= 0.3 is 4.87 Å². The Labute approximate surface area is 99.1 Å². The number of carbonyl (C=O) groups excluding carboxylic acids is 1. The van der Waals surface area contributed by atoms with Crippen LogP contribution in [0.25, 0.3) is 0 Å². The second-order valence-corrected chi connectivity index (χ2v) is 4.28. The maximum absolute atomic E-state index is 11.6. The van der Waals surface area contributed by atoms with Crippen LogP contribution in [0.2, 0.25) is 5.02 Å². The van der Waals surface area contributed by atoms with E-state index < -0.39 is 0 Å². The Hall–Kier alpha value is -1.66. The molecule has 0 fully saturated rings. The molecule has 1 heterocycles. The number of nitrogens with zero attached hydrogens (tertiary/aromatic N) is 1. The van der Waals surface area contributed by atoms with Crippen LogP contribution in [-0.2, 0) is 0 Å². The minimum Gasteiger partial charge on any atom is -0.296 e. The molecule has 0 saturated carbocycles. The largest absolute Gasteiger partial charge is 0.324 e. The SMILES string of the molecule is O=C(Nc1n[nH]c(=O)s1)c1ccc(Cl)cc1. The van der Waals surface area contributed by atoms with E-state index in [1.165, 1.54) is 0 Å². The number of aromatic amines is 1. The highest BCUT2D eigenvalue weighted by molar-refractivity contribution is 7.13. The standard InChI is InChI=1S/C9H6ClN3O2S/c10-6-3-1-5(2-4-6)7(14)11-8-12-13-9(15)16-8/h1-4H,(H,13,15)(H,11,12,14). The second kappa shape index (κ2) is 4.46. The quantitative estimate of drug-likeness (QED) is 0.858. The third-order valence-corrected chi connectivity index (χ3v) is 2.68. The lowest BCUT2D eigenvalue weighted by molar-refractivity contribution is 0.102. The summed E-state index contributed by atoms with van der Waals surface area (Å²) in [6, 6.07) is 6.41. The molecule has 2 rings (SSSR count). The van der Waals surface area contributed by atoms with Gasteiger partial charge in [-0.05, 0) is 35.6 Å². The van der Waals surface area contributed by atoms with Crippen LogP contribution in [0.5, 0.6) is 0 Å². The molecule has 0 spiro atoms. The maximum Gasteiger partial charge on any atom is 0.324 e. The number of anilines is 1. The number of hydrogen-bond donors (Lipinski definition) is 2. The van der Waals surface area contributed by atoms with Gasteiger partial charge in [-0.2, -0.15) is 0 Å². The first-order chi connectivity index (χ1) is 7.65. The fourth-order valence-corrected chi connectivity index (χ4v) is 1.68. The lowest BCUT2D eigenvalue weighted by Crippen LogP contribution is -2.11. The van der Waals surface area contributed by atoms with E-state index in [9.17, 15) is 9.59 Å². The van der Waals surface area contributed by atoms with Gasteiger partial charge in [0.05, 0.1) is 0 Å². The van der Waals surface area contributed by atoms with Crippen molar-refractivity contribution >= 4 is 34.0 Å². The molecule has 0 aliphatic heterocycles. The zero-order valence-electron chi connectivity index (χ0n) is 7.86. The molecule has 0 radical (unpaired) electrons. The lowest BCUT2D eigenvalue weighted by atomic mass is 10.2. The number of rotatable bonds is 2. The third kappa shape index (κ3) is 2.47. The number of benzene rings is 1. The molecule has 0 bridgehead atoms. The van der Waals surface area contributed by atoms with Crippen LogP contribution in [0.4, 0.5) is 5.13 Å². The maximum atomic E-state index is 11.6. The average molecular weight is 256 g/mol. The molecule has 2 aromatic rings. The molecule has 1 aromatic heterocycles. The van der Waals surface area contributed by atoms with Gasteiger partial charge in [-0.25, -0.2) is 5.10 Å². The minimum absolute atomic E-state index is 0.241. The van der Waals surface area contributed by atoms with Gasteiger partial charge in [0.15, 0.2) is 0 Å². The summed E-state index contributed by atoms with van der Waals surface area (Å²) in [4.78, 5) is 22.1. The van der Waals surface area contributed by atoms with E-state index in [1.54, 1.807) is 24.3 Å². The zero-order valence-corrected chi connectivity index (χ0v) is 9.43. The normalized spacial score (nSPS) is 10.1. The Morgan fingerprint density at radius 3 is 2.62 bits per heavy atom. The summed E-state index contributed by atoms with van der Waals surface area (Å²) in [6.07, 6.45) is 0. The first kappa shape index (κ1) is 10.8. The van der Waals surface area contributed by atoms with E-state index in [0.29, 0.717) is 10.6 Å². The third-order valence-electron chi connectivity index (χ3n) is 1.76. The fraction of sp³-hybridized carbons (Fsp3) is 0. The summed E-state index contributed by atoms with van der Waals surface area (Å²) in [7, 11) is 0. The van der Waals surface area contributed by atoms with E-state index in [2.05, 4.69) is 15.5 Å². The average Bonchev–Trinajstić information content (AvgIpc) is 2.65. The first-order valence-corrected chi connectivity index (χ1v) is 5.47. The smallest absolute Gasteiger partial charge is 0.296 e. The number of halogens is 1. The van der Waals surface area contributed by atoms with Gasteiger partial charge in [0.2, 0.25) is 5.13 Å². The summed E-state index contributed by atoms with van der Waals surface area (Å²) in [5.41, 5.74) is 0.451. The van der Waals surface area contributed by atoms with Crippen molar-refractivity contribution < 1.29 is 4.79 Å². The number of hydrogen-bond acceptors (Lipinski definition) is 4. The van der Waals surface area contributed by atoms with Crippen LogP contribution in [0.1, 0.15) is 10.4 Å². The van der Waals surface area contributed by atoms with Crippen LogP contribution in [-0.4, -0.2) is 16.1 Å². The van der Waals surface area contributed by atoms with Crippen LogP contribution >= 0.6 is 22.9 Å². The molecule has 7 heteroatoms. The van der Waals surface area contributed by atoms with Crippen molar-refractivity contribution in [3.63, 3.8) is 0 Å². The van der Waals surface area contributed by atoms with Crippen molar-refractivity contribution in [1.82, 2.24) is 10.2 Å². The Morgan fingerprint density at radius 2 is 2.06 bits per heavy atom. The first-order valence-electron chi connectivity index (χ1n) is 4.27. The summed E-state index contributed by atoms with van der Waals surface area (Å²) in [5, 5.41) is 9.12. The molecule has 0 unspecified atom stereocenters. The predicted molar refractivity (Wildman–Crippen MR) is 62.1 cm³/mol. The van der Waals surface area contributed by atoms with Gasteiger partial charge in [0.1, 0.15) is 0 Å². The van der Waals surface area contributed by atoms with Crippen LogP contribution < -0.4 is 10.2 Å². The van der Waals surface area contributed by atoms with Crippen molar-refractivity contribution in [3.05, 3.63) is 44.5 Å². The monoisotopic (exact) mass is 255 g/mol. The van der Waals surface area contributed by atoms with E-state index in [-0.39, 0.29) is 15.9 Å². The number of amides is 1. The fourth-order valence-electron chi connectivity index (χ4n) is 1.05. The van der Waals surface area contributed by atoms with Gasteiger partial charge in [0, 0.05) is 10.6 Å². The van der Waals surface area contributed by atoms with Gasteiger partial charge in [-0.15, -0.1) is 5.10 Å². The van der Waals surface area contributed by atoms with Crippen LogP contribution in [0.3, 0.4) is 0 Å². The van der Waals surface area contributed by atoms with Gasteiger partial charge in [-0.3, -0.25) is 14.9 Å². The molecule has 0 atom stereocenters. The van der Waals surface area contributed by atoms with Gasteiger partial charge < -0.3 is 0 Å². The molecular weight excluding hydrogens is 250 g/mol. The number of aromatic nitrogens is 2. The van der Waals surface area contributed by atoms with E-state index in [0.717, 1.165) is 11.3 Å². The highest BCUT2D eigenvalue weighted by atomic mass is 35.5. The number of carbonyl (C=O) groups is 1. The van der Waals surface area contributed by atoms with Gasteiger partial charge in [0.25, 0.3) is 5.91 Å². The highest BCUT2D eigenvalue weighted by Gasteiger charge is 2.08. The topological polar surface area (TPSA) is 74.8 Å². The molecular formula is C9H6ClN3O2S. The summed E-state index contributed by atoms with van der Waals surface area (Å²) in [6.45, 7) is 0. The molecule has 5 nitrogen and oxygen atoms in total. The van der Waals surface area contributed by atoms with Crippen LogP contribution in [0.15, 0.2) is 29.1 Å². The molecule has 2 N–H and O–H groups in total. The van der Waals surface area contributed by atoms with E-state index >= 15 is 0 Å². The summed E-state index contributed by atoms with van der Waals surface area (Å²) < 4.78 is 0. The Kier molecular flexibility index (Phi) is 3.02. The van der Waals surface area contributed by atoms with Crippen molar-refractivity contribution in [2.45, 2.75) is 0 Å². The molecule has 16 heavy (non-hydrogen) atoms. The molecule has 1 amide bonds. The highest BCUT2D eigenvalue weighted by Crippen LogP contribution is 2.11. The van der Waals surface area contributed by atoms with Gasteiger partial charge in [-0.1, -0.05) is 11.6 Å². The van der Waals surface area contributed by atoms with Crippen molar-refractivity contribution in [1.29, 1.82) is 0 Å². The molecule has 0 aliphatic carbocycles. The van der Waals surface area contributed by atoms with E-state index in [1.807, 2.05) is 0 Å².